The van der Waals surface area contributed by atoms with Crippen molar-refractivity contribution in [3.05, 3.63) is 93.4 Å². The molecule has 0 saturated carbocycles. The van der Waals surface area contributed by atoms with Crippen molar-refractivity contribution in [2.45, 2.75) is 0 Å². The van der Waals surface area contributed by atoms with Gasteiger partial charge in [-0.05, 0) is 60.7 Å². The predicted molar refractivity (Wildman–Crippen MR) is 124 cm³/mol. The van der Waals surface area contributed by atoms with Crippen molar-refractivity contribution in [3.8, 4) is 0 Å². The lowest BCUT2D eigenvalue weighted by Gasteiger charge is -2.12. The maximum absolute atomic E-state index is 12.4. The van der Waals surface area contributed by atoms with E-state index in [1.54, 1.807) is 66.7 Å². The van der Waals surface area contributed by atoms with Crippen LogP contribution in [0.1, 0.15) is 20.7 Å². The molecule has 0 fully saturated rings. The predicted octanol–water partition coefficient (Wildman–Crippen LogP) is 5.48. The molecule has 3 N–H and O–H groups in total. The van der Waals surface area contributed by atoms with E-state index >= 15 is 0 Å². The quantitative estimate of drug-likeness (QED) is 0.425. The molecule has 29 heavy (non-hydrogen) atoms. The van der Waals surface area contributed by atoms with Gasteiger partial charge in [-0.25, -0.2) is 0 Å². The van der Waals surface area contributed by atoms with E-state index in [4.69, 9.17) is 23.8 Å². The maximum atomic E-state index is 12.4. The van der Waals surface area contributed by atoms with E-state index in [-0.39, 0.29) is 16.9 Å². The first kappa shape index (κ1) is 21.0. The molecule has 3 aromatic carbocycles. The zero-order valence-electron chi connectivity index (χ0n) is 14.9. The normalized spacial score (nSPS) is 10.1. The van der Waals surface area contributed by atoms with Crippen LogP contribution in [0.3, 0.4) is 0 Å². The summed E-state index contributed by atoms with van der Waals surface area (Å²) in [5, 5.41) is 8.85. The maximum Gasteiger partial charge on any atom is 0.257 e. The standard InChI is InChI=1S/C21H15BrClN3O2S/c22-14-6-3-5-13(11-14)19(27)26-21(29)25-16-8-4-7-15(12-16)24-20(28)17-9-1-2-10-18(17)23/h1-12H,(H,24,28)(H2,25,26,27,29). The van der Waals surface area contributed by atoms with E-state index in [9.17, 15) is 9.59 Å². The summed E-state index contributed by atoms with van der Waals surface area (Å²) >= 11 is 14.6. The van der Waals surface area contributed by atoms with Crippen LogP contribution in [-0.2, 0) is 0 Å². The van der Waals surface area contributed by atoms with E-state index in [0.29, 0.717) is 27.5 Å². The summed E-state index contributed by atoms with van der Waals surface area (Å²) in [6, 6.07) is 20.7. The summed E-state index contributed by atoms with van der Waals surface area (Å²) in [7, 11) is 0. The molecule has 5 nitrogen and oxygen atoms in total. The molecule has 3 rings (SSSR count). The zero-order chi connectivity index (χ0) is 20.8. The van der Waals surface area contributed by atoms with Crippen LogP contribution in [0.15, 0.2) is 77.3 Å². The van der Waals surface area contributed by atoms with Gasteiger partial charge in [-0.3, -0.25) is 14.9 Å². The summed E-state index contributed by atoms with van der Waals surface area (Å²) in [4.78, 5) is 24.7. The van der Waals surface area contributed by atoms with Crippen LogP contribution in [0.2, 0.25) is 5.02 Å². The zero-order valence-corrected chi connectivity index (χ0v) is 18.1. The highest BCUT2D eigenvalue weighted by atomic mass is 79.9. The van der Waals surface area contributed by atoms with Crippen LogP contribution in [0, 0.1) is 0 Å². The highest BCUT2D eigenvalue weighted by Crippen LogP contribution is 2.19. The van der Waals surface area contributed by atoms with Crippen LogP contribution in [0.4, 0.5) is 11.4 Å². The minimum absolute atomic E-state index is 0.143. The van der Waals surface area contributed by atoms with E-state index < -0.39 is 0 Å². The number of rotatable bonds is 4. The molecule has 0 unspecified atom stereocenters. The van der Waals surface area contributed by atoms with Crippen molar-refractivity contribution in [1.29, 1.82) is 0 Å². The third kappa shape index (κ3) is 5.87. The van der Waals surface area contributed by atoms with Crippen molar-refractivity contribution in [3.63, 3.8) is 0 Å². The van der Waals surface area contributed by atoms with Crippen LogP contribution < -0.4 is 16.0 Å². The third-order valence-electron chi connectivity index (χ3n) is 3.81. The Balaban J connectivity index is 1.63. The highest BCUT2D eigenvalue weighted by molar-refractivity contribution is 9.10. The molecule has 0 aliphatic heterocycles. The lowest BCUT2D eigenvalue weighted by Crippen LogP contribution is -2.34. The Labute approximate surface area is 186 Å². The Morgan fingerprint density at radius 3 is 2.24 bits per heavy atom. The SMILES string of the molecule is O=C(NC(=S)Nc1cccc(NC(=O)c2ccccc2Cl)c1)c1cccc(Br)c1. The molecule has 0 aliphatic carbocycles. The fraction of sp³-hybridized carbons (Fsp3) is 0. The Kier molecular flexibility index (Phi) is 6.98. The van der Waals surface area contributed by atoms with E-state index in [1.165, 1.54) is 0 Å². The van der Waals surface area contributed by atoms with Gasteiger partial charge in [0.05, 0.1) is 10.6 Å². The highest BCUT2D eigenvalue weighted by Gasteiger charge is 2.11. The molecule has 0 radical (unpaired) electrons. The molecule has 0 aromatic heterocycles. The van der Waals surface area contributed by atoms with Gasteiger partial charge in [-0.15, -0.1) is 0 Å². The number of nitrogens with one attached hydrogen (secondary N) is 3. The number of carbonyl (C=O) groups excluding carboxylic acids is 2. The Morgan fingerprint density at radius 1 is 0.828 bits per heavy atom. The molecule has 2 amide bonds. The second-order valence-electron chi connectivity index (χ2n) is 5.93. The molecule has 3 aromatic rings. The van der Waals surface area contributed by atoms with E-state index in [2.05, 4.69) is 31.9 Å². The topological polar surface area (TPSA) is 70.2 Å². The molecule has 0 bridgehead atoms. The van der Waals surface area contributed by atoms with Gasteiger partial charge in [0.1, 0.15) is 0 Å². The number of carbonyl (C=O) groups is 2. The monoisotopic (exact) mass is 487 g/mol. The number of thiocarbonyl (C=S) groups is 1. The number of halogens is 2. The molecule has 146 valence electrons. The summed E-state index contributed by atoms with van der Waals surface area (Å²) in [6.45, 7) is 0. The molecule has 0 atom stereocenters. The molecule has 0 heterocycles. The van der Waals surface area contributed by atoms with Crippen molar-refractivity contribution >= 4 is 68.1 Å². The first-order valence-electron chi connectivity index (χ1n) is 8.46. The van der Waals surface area contributed by atoms with Crippen molar-refractivity contribution < 1.29 is 9.59 Å². The molecule has 0 saturated heterocycles. The number of hydrogen-bond donors (Lipinski definition) is 3. The van der Waals surface area contributed by atoms with E-state index in [1.807, 2.05) is 6.07 Å². The van der Waals surface area contributed by atoms with Gasteiger partial charge in [0.25, 0.3) is 11.8 Å². The lowest BCUT2D eigenvalue weighted by molar-refractivity contribution is 0.0976. The largest absolute Gasteiger partial charge is 0.332 e. The second kappa shape index (κ2) is 9.65. The first-order chi connectivity index (χ1) is 13.9. The molecule has 0 aliphatic rings. The summed E-state index contributed by atoms with van der Waals surface area (Å²) in [5.74, 6) is -0.648. The Bertz CT molecular complexity index is 1090. The van der Waals surface area contributed by atoms with Gasteiger partial charge in [0.2, 0.25) is 0 Å². The molecule has 8 heteroatoms. The second-order valence-corrected chi connectivity index (χ2v) is 7.66. The minimum atomic E-state index is -0.327. The third-order valence-corrected chi connectivity index (χ3v) is 4.84. The minimum Gasteiger partial charge on any atom is -0.332 e. The van der Waals surface area contributed by atoms with Crippen LogP contribution >= 0.6 is 39.7 Å². The number of anilines is 2. The van der Waals surface area contributed by atoms with Crippen molar-refractivity contribution in [2.75, 3.05) is 10.6 Å². The fourth-order valence-electron chi connectivity index (χ4n) is 2.49. The lowest BCUT2D eigenvalue weighted by atomic mass is 10.2. The van der Waals surface area contributed by atoms with Crippen LogP contribution in [-0.4, -0.2) is 16.9 Å². The number of hydrogen-bond acceptors (Lipinski definition) is 3. The van der Waals surface area contributed by atoms with Gasteiger partial charge < -0.3 is 10.6 Å². The van der Waals surface area contributed by atoms with Gasteiger partial charge in [-0.2, -0.15) is 0 Å². The van der Waals surface area contributed by atoms with Gasteiger partial charge >= 0.3 is 0 Å². The van der Waals surface area contributed by atoms with Gasteiger partial charge in [-0.1, -0.05) is 51.8 Å². The van der Waals surface area contributed by atoms with Crippen LogP contribution in [0.25, 0.3) is 0 Å². The molecule has 0 spiro atoms. The summed E-state index contributed by atoms with van der Waals surface area (Å²) in [6.07, 6.45) is 0. The number of benzene rings is 3. The van der Waals surface area contributed by atoms with Gasteiger partial charge in [0.15, 0.2) is 5.11 Å². The average Bonchev–Trinajstić information content (AvgIpc) is 2.68. The first-order valence-corrected chi connectivity index (χ1v) is 10.0. The smallest absolute Gasteiger partial charge is 0.257 e. The Morgan fingerprint density at radius 2 is 1.52 bits per heavy atom. The summed E-state index contributed by atoms with van der Waals surface area (Å²) in [5.41, 5.74) is 2.02. The fourth-order valence-corrected chi connectivity index (χ4v) is 3.32. The molecular weight excluding hydrogens is 474 g/mol. The van der Waals surface area contributed by atoms with Crippen molar-refractivity contribution in [2.24, 2.45) is 0 Å². The average molecular weight is 489 g/mol. The van der Waals surface area contributed by atoms with E-state index in [0.717, 1.165) is 4.47 Å². The van der Waals surface area contributed by atoms with Gasteiger partial charge in [0, 0.05) is 21.4 Å². The summed E-state index contributed by atoms with van der Waals surface area (Å²) < 4.78 is 0.797. The molecular formula is C21H15BrClN3O2S. The van der Waals surface area contributed by atoms with Crippen LogP contribution in [0.5, 0.6) is 0 Å². The number of amides is 2. The Hall–Kier alpha value is -2.74. The van der Waals surface area contributed by atoms with Crippen molar-refractivity contribution in [1.82, 2.24) is 5.32 Å².